The summed E-state index contributed by atoms with van der Waals surface area (Å²) < 4.78 is 15.6. The first kappa shape index (κ1) is 17.5. The minimum Gasteiger partial charge on any atom is -0.497 e. The van der Waals surface area contributed by atoms with E-state index in [0.29, 0.717) is 22.6 Å². The minimum atomic E-state index is -0.436. The van der Waals surface area contributed by atoms with Crippen LogP contribution in [-0.4, -0.2) is 32.6 Å². The molecule has 1 aliphatic rings. The molecule has 1 aliphatic carbocycles. The van der Waals surface area contributed by atoms with Crippen LogP contribution < -0.4 is 9.47 Å². The van der Waals surface area contributed by atoms with Gasteiger partial charge < -0.3 is 14.2 Å². The molecule has 5 nitrogen and oxygen atoms in total. The fourth-order valence-electron chi connectivity index (χ4n) is 2.98. The van der Waals surface area contributed by atoms with E-state index in [-0.39, 0.29) is 12.4 Å². The molecule has 0 fully saturated rings. The molecule has 0 atom stereocenters. The van der Waals surface area contributed by atoms with E-state index in [1.165, 1.54) is 19.1 Å². The Balaban J connectivity index is 1.70. The van der Waals surface area contributed by atoms with Gasteiger partial charge in [-0.1, -0.05) is 0 Å². The lowest BCUT2D eigenvalue weighted by molar-refractivity contribution is 0.0473. The second kappa shape index (κ2) is 7.70. The molecule has 0 saturated heterocycles. The standard InChI is InChI=1S/C19H20O5S/c1-22-12-7-8-17(23-2)14(9-12)16(20)10-24-19(21)15-11-25-18-6-4-3-5-13(15)18/h7-9,11H,3-6,10H2,1-2H3. The van der Waals surface area contributed by atoms with Crippen molar-refractivity contribution in [2.75, 3.05) is 20.8 Å². The van der Waals surface area contributed by atoms with Gasteiger partial charge >= 0.3 is 5.97 Å². The minimum absolute atomic E-state index is 0.326. The molecule has 0 spiro atoms. The molecular formula is C19H20O5S. The summed E-state index contributed by atoms with van der Waals surface area (Å²) in [5.74, 6) is 0.208. The zero-order chi connectivity index (χ0) is 17.8. The Morgan fingerprint density at radius 2 is 1.88 bits per heavy atom. The topological polar surface area (TPSA) is 61.8 Å². The molecule has 2 aromatic rings. The van der Waals surface area contributed by atoms with Gasteiger partial charge in [-0.2, -0.15) is 0 Å². The zero-order valence-corrected chi connectivity index (χ0v) is 15.1. The highest BCUT2D eigenvalue weighted by atomic mass is 32.1. The van der Waals surface area contributed by atoms with Crippen LogP contribution in [-0.2, 0) is 17.6 Å². The normalized spacial score (nSPS) is 13.0. The van der Waals surface area contributed by atoms with Crippen LogP contribution >= 0.6 is 11.3 Å². The molecule has 6 heteroatoms. The third kappa shape index (κ3) is 3.69. The fourth-order valence-corrected chi connectivity index (χ4v) is 4.10. The van der Waals surface area contributed by atoms with Crippen LogP contribution in [0.3, 0.4) is 0 Å². The third-order valence-electron chi connectivity index (χ3n) is 4.32. The second-order valence-corrected chi connectivity index (χ2v) is 6.79. The number of carbonyl (C=O) groups excluding carboxylic acids is 2. The van der Waals surface area contributed by atoms with Crippen molar-refractivity contribution in [1.29, 1.82) is 0 Å². The smallest absolute Gasteiger partial charge is 0.339 e. The molecule has 0 aliphatic heterocycles. The van der Waals surface area contributed by atoms with Crippen molar-refractivity contribution >= 4 is 23.1 Å². The molecule has 0 radical (unpaired) electrons. The number of esters is 1. The molecular weight excluding hydrogens is 340 g/mol. The number of methoxy groups -OCH3 is 2. The van der Waals surface area contributed by atoms with Crippen LogP contribution in [0.15, 0.2) is 23.6 Å². The molecule has 0 amide bonds. The molecule has 3 rings (SSSR count). The van der Waals surface area contributed by atoms with Crippen LogP contribution in [0.25, 0.3) is 0 Å². The van der Waals surface area contributed by atoms with E-state index >= 15 is 0 Å². The number of aryl methyl sites for hydroxylation is 1. The van der Waals surface area contributed by atoms with Crippen LogP contribution in [0.2, 0.25) is 0 Å². The van der Waals surface area contributed by atoms with Crippen LogP contribution in [0.5, 0.6) is 11.5 Å². The van der Waals surface area contributed by atoms with Crippen molar-refractivity contribution in [2.45, 2.75) is 25.7 Å². The Morgan fingerprint density at radius 3 is 2.64 bits per heavy atom. The molecule has 25 heavy (non-hydrogen) atoms. The molecule has 0 saturated carbocycles. The van der Waals surface area contributed by atoms with Crippen LogP contribution in [0.1, 0.15) is 44.0 Å². The third-order valence-corrected chi connectivity index (χ3v) is 5.41. The van der Waals surface area contributed by atoms with Gasteiger partial charge in [0, 0.05) is 10.3 Å². The number of hydrogen-bond acceptors (Lipinski definition) is 6. The number of ketones is 1. The zero-order valence-electron chi connectivity index (χ0n) is 14.3. The second-order valence-electron chi connectivity index (χ2n) is 5.82. The Bertz CT molecular complexity index is 793. The first-order valence-corrected chi connectivity index (χ1v) is 9.03. The van der Waals surface area contributed by atoms with Gasteiger partial charge in [-0.15, -0.1) is 11.3 Å². The Labute approximate surface area is 150 Å². The SMILES string of the molecule is COc1ccc(OC)c(C(=O)COC(=O)c2csc3c2CCCC3)c1. The van der Waals surface area contributed by atoms with E-state index in [2.05, 4.69) is 0 Å². The average Bonchev–Trinajstić information content (AvgIpc) is 3.09. The number of Topliss-reactive ketones (excluding diaryl/α,β-unsaturated/α-hetero) is 1. The number of fused-ring (bicyclic) bond motifs is 1. The van der Waals surface area contributed by atoms with E-state index in [0.717, 1.165) is 31.2 Å². The molecule has 1 aromatic heterocycles. The van der Waals surface area contributed by atoms with Crippen LogP contribution in [0, 0.1) is 0 Å². The number of benzene rings is 1. The summed E-state index contributed by atoms with van der Waals surface area (Å²) in [5.41, 5.74) is 2.03. The van der Waals surface area contributed by atoms with Gasteiger partial charge in [-0.3, -0.25) is 4.79 Å². The molecule has 0 unspecified atom stereocenters. The molecule has 0 N–H and O–H groups in total. The largest absolute Gasteiger partial charge is 0.497 e. The fraction of sp³-hybridized carbons (Fsp3) is 0.368. The van der Waals surface area contributed by atoms with Crippen LogP contribution in [0.4, 0.5) is 0 Å². The quantitative estimate of drug-likeness (QED) is 0.581. The van der Waals surface area contributed by atoms with Gasteiger partial charge in [0.15, 0.2) is 6.61 Å². The monoisotopic (exact) mass is 360 g/mol. The predicted molar refractivity (Wildman–Crippen MR) is 95.1 cm³/mol. The lowest BCUT2D eigenvalue weighted by Crippen LogP contribution is -2.16. The van der Waals surface area contributed by atoms with Crippen molar-refractivity contribution in [2.24, 2.45) is 0 Å². The van der Waals surface area contributed by atoms with Gasteiger partial charge in [0.2, 0.25) is 5.78 Å². The summed E-state index contributed by atoms with van der Waals surface area (Å²) in [6.07, 6.45) is 4.17. The lowest BCUT2D eigenvalue weighted by atomic mass is 9.96. The van der Waals surface area contributed by atoms with Crippen molar-refractivity contribution in [1.82, 2.24) is 0 Å². The van der Waals surface area contributed by atoms with Gasteiger partial charge in [0.1, 0.15) is 11.5 Å². The van der Waals surface area contributed by atoms with Crippen molar-refractivity contribution in [3.05, 3.63) is 45.1 Å². The highest BCUT2D eigenvalue weighted by Crippen LogP contribution is 2.31. The summed E-state index contributed by atoms with van der Waals surface area (Å²) in [4.78, 5) is 26.1. The average molecular weight is 360 g/mol. The highest BCUT2D eigenvalue weighted by molar-refractivity contribution is 7.10. The summed E-state index contributed by atoms with van der Waals surface area (Å²) in [5, 5.41) is 1.84. The summed E-state index contributed by atoms with van der Waals surface area (Å²) >= 11 is 1.60. The molecule has 0 bridgehead atoms. The van der Waals surface area contributed by atoms with Crippen molar-refractivity contribution in [3.8, 4) is 11.5 Å². The highest BCUT2D eigenvalue weighted by Gasteiger charge is 2.22. The summed E-state index contributed by atoms with van der Waals surface area (Å²) in [7, 11) is 3.01. The first-order chi connectivity index (χ1) is 12.1. The maximum atomic E-state index is 12.4. The van der Waals surface area contributed by atoms with Gasteiger partial charge in [-0.25, -0.2) is 4.79 Å². The molecule has 1 aromatic carbocycles. The maximum absolute atomic E-state index is 12.4. The van der Waals surface area contributed by atoms with Gasteiger partial charge in [0.25, 0.3) is 0 Å². The van der Waals surface area contributed by atoms with E-state index in [9.17, 15) is 9.59 Å². The van der Waals surface area contributed by atoms with Gasteiger partial charge in [-0.05, 0) is 49.4 Å². The number of rotatable bonds is 6. The van der Waals surface area contributed by atoms with E-state index < -0.39 is 5.97 Å². The lowest BCUT2D eigenvalue weighted by Gasteiger charge is -2.13. The van der Waals surface area contributed by atoms with E-state index in [4.69, 9.17) is 14.2 Å². The summed E-state index contributed by atoms with van der Waals surface area (Å²) in [6.45, 7) is -0.326. The Kier molecular flexibility index (Phi) is 5.38. The molecule has 132 valence electrons. The maximum Gasteiger partial charge on any atom is 0.339 e. The summed E-state index contributed by atoms with van der Waals surface area (Å²) in [6, 6.07) is 4.95. The van der Waals surface area contributed by atoms with Gasteiger partial charge in [0.05, 0.1) is 25.3 Å². The van der Waals surface area contributed by atoms with E-state index in [1.54, 1.807) is 29.5 Å². The number of carbonyl (C=O) groups is 2. The van der Waals surface area contributed by atoms with E-state index in [1.807, 2.05) is 5.38 Å². The van der Waals surface area contributed by atoms with Crippen molar-refractivity contribution in [3.63, 3.8) is 0 Å². The predicted octanol–water partition coefficient (Wildman–Crippen LogP) is 3.68. The number of thiophene rings is 1. The number of ether oxygens (including phenoxy) is 3. The Morgan fingerprint density at radius 1 is 1.08 bits per heavy atom. The first-order valence-electron chi connectivity index (χ1n) is 8.15. The number of hydrogen-bond donors (Lipinski definition) is 0. The Hall–Kier alpha value is -2.34. The molecule has 1 heterocycles. The van der Waals surface area contributed by atoms with Crippen molar-refractivity contribution < 1.29 is 23.8 Å².